The molecule has 1 aliphatic rings. The second-order valence-electron chi connectivity index (χ2n) is 4.51. The highest BCUT2D eigenvalue weighted by atomic mass is 15.0. The number of nitrogens with two attached hydrogens (primary N) is 1. The Morgan fingerprint density at radius 2 is 2.13 bits per heavy atom. The summed E-state index contributed by atoms with van der Waals surface area (Å²) in [5.74, 6) is 0. The van der Waals surface area contributed by atoms with Crippen molar-refractivity contribution in [1.82, 2.24) is 5.32 Å². The lowest BCUT2D eigenvalue weighted by molar-refractivity contribution is 0.410. The van der Waals surface area contributed by atoms with E-state index in [9.17, 15) is 0 Å². The van der Waals surface area contributed by atoms with Crippen LogP contribution in [0.1, 0.15) is 24.5 Å². The van der Waals surface area contributed by atoms with Crippen LogP contribution in [0.5, 0.6) is 0 Å². The molecule has 2 atom stereocenters. The van der Waals surface area contributed by atoms with Gasteiger partial charge in [0.25, 0.3) is 0 Å². The van der Waals surface area contributed by atoms with E-state index in [1.807, 2.05) is 0 Å². The molecule has 1 aliphatic carbocycles. The Kier molecular flexibility index (Phi) is 3.39. The van der Waals surface area contributed by atoms with Gasteiger partial charge in [-0.15, -0.1) is 0 Å². The minimum atomic E-state index is 0.431. The molecule has 2 heteroatoms. The van der Waals surface area contributed by atoms with Gasteiger partial charge in [0.2, 0.25) is 0 Å². The number of rotatable bonds is 3. The number of aryl methyl sites for hydroxylation is 1. The van der Waals surface area contributed by atoms with Crippen LogP contribution in [-0.2, 0) is 12.8 Å². The van der Waals surface area contributed by atoms with Gasteiger partial charge in [0.15, 0.2) is 0 Å². The minimum Gasteiger partial charge on any atom is -0.329 e. The van der Waals surface area contributed by atoms with Gasteiger partial charge in [-0.05, 0) is 37.3 Å². The Hall–Kier alpha value is -0.860. The lowest BCUT2D eigenvalue weighted by atomic mass is 9.88. The SMILES string of the molecule is CC(CN)NC1CCc2ccccc2C1. The van der Waals surface area contributed by atoms with Gasteiger partial charge in [-0.2, -0.15) is 0 Å². The molecule has 0 spiro atoms. The summed E-state index contributed by atoms with van der Waals surface area (Å²) in [4.78, 5) is 0. The summed E-state index contributed by atoms with van der Waals surface area (Å²) >= 11 is 0. The Morgan fingerprint density at radius 3 is 2.87 bits per heavy atom. The molecule has 0 amide bonds. The van der Waals surface area contributed by atoms with E-state index in [2.05, 4.69) is 36.5 Å². The number of fused-ring (bicyclic) bond motifs is 1. The van der Waals surface area contributed by atoms with E-state index in [-0.39, 0.29) is 0 Å². The van der Waals surface area contributed by atoms with Crippen molar-refractivity contribution in [3.8, 4) is 0 Å². The highest BCUT2D eigenvalue weighted by Crippen LogP contribution is 2.21. The standard InChI is InChI=1S/C13H20N2/c1-10(9-14)15-13-7-6-11-4-2-3-5-12(11)8-13/h2-5,10,13,15H,6-9,14H2,1H3. The fourth-order valence-corrected chi connectivity index (χ4v) is 2.31. The van der Waals surface area contributed by atoms with Crippen molar-refractivity contribution in [2.45, 2.75) is 38.3 Å². The zero-order valence-electron chi connectivity index (χ0n) is 9.37. The van der Waals surface area contributed by atoms with E-state index in [0.717, 1.165) is 13.0 Å². The van der Waals surface area contributed by atoms with E-state index in [4.69, 9.17) is 5.73 Å². The maximum Gasteiger partial charge on any atom is 0.0164 e. The van der Waals surface area contributed by atoms with Gasteiger partial charge in [0.05, 0.1) is 0 Å². The third-order valence-corrected chi connectivity index (χ3v) is 3.22. The summed E-state index contributed by atoms with van der Waals surface area (Å²) in [6.45, 7) is 2.87. The summed E-state index contributed by atoms with van der Waals surface area (Å²) in [6.07, 6.45) is 3.59. The van der Waals surface area contributed by atoms with Crippen LogP contribution in [0.25, 0.3) is 0 Å². The normalized spacial score (nSPS) is 22.1. The maximum atomic E-state index is 5.62. The number of hydrogen-bond donors (Lipinski definition) is 2. The quantitative estimate of drug-likeness (QED) is 0.782. The van der Waals surface area contributed by atoms with Crippen LogP contribution in [0.15, 0.2) is 24.3 Å². The van der Waals surface area contributed by atoms with Gasteiger partial charge >= 0.3 is 0 Å². The highest BCUT2D eigenvalue weighted by Gasteiger charge is 2.18. The molecule has 0 aromatic heterocycles. The summed E-state index contributed by atoms with van der Waals surface area (Å²) in [7, 11) is 0. The smallest absolute Gasteiger partial charge is 0.0164 e. The van der Waals surface area contributed by atoms with Crippen LogP contribution in [-0.4, -0.2) is 18.6 Å². The molecule has 2 nitrogen and oxygen atoms in total. The predicted octanol–water partition coefficient (Wildman–Crippen LogP) is 1.48. The Balaban J connectivity index is 1.99. The molecule has 0 heterocycles. The lowest BCUT2D eigenvalue weighted by Gasteiger charge is -2.28. The van der Waals surface area contributed by atoms with Crippen molar-refractivity contribution in [3.63, 3.8) is 0 Å². The van der Waals surface area contributed by atoms with E-state index in [1.165, 1.54) is 24.0 Å². The minimum absolute atomic E-state index is 0.431. The van der Waals surface area contributed by atoms with Crippen LogP contribution < -0.4 is 11.1 Å². The fraction of sp³-hybridized carbons (Fsp3) is 0.538. The topological polar surface area (TPSA) is 38.0 Å². The Morgan fingerprint density at radius 1 is 1.40 bits per heavy atom. The summed E-state index contributed by atoms with van der Waals surface area (Å²) in [5, 5.41) is 3.58. The highest BCUT2D eigenvalue weighted by molar-refractivity contribution is 5.30. The molecule has 82 valence electrons. The monoisotopic (exact) mass is 204 g/mol. The third-order valence-electron chi connectivity index (χ3n) is 3.22. The third kappa shape index (κ3) is 2.58. The average molecular weight is 204 g/mol. The first kappa shape index (κ1) is 10.7. The number of hydrogen-bond acceptors (Lipinski definition) is 2. The molecule has 2 unspecified atom stereocenters. The van der Waals surface area contributed by atoms with E-state index in [0.29, 0.717) is 12.1 Å². The molecular weight excluding hydrogens is 184 g/mol. The average Bonchev–Trinajstić information content (AvgIpc) is 2.29. The number of benzene rings is 1. The first-order chi connectivity index (χ1) is 7.29. The van der Waals surface area contributed by atoms with Crippen molar-refractivity contribution in [3.05, 3.63) is 35.4 Å². The van der Waals surface area contributed by atoms with Crippen molar-refractivity contribution >= 4 is 0 Å². The van der Waals surface area contributed by atoms with Crippen molar-refractivity contribution in [1.29, 1.82) is 0 Å². The van der Waals surface area contributed by atoms with Crippen molar-refractivity contribution in [2.24, 2.45) is 5.73 Å². The van der Waals surface area contributed by atoms with Crippen molar-refractivity contribution < 1.29 is 0 Å². The molecular formula is C13H20N2. The van der Waals surface area contributed by atoms with Crippen molar-refractivity contribution in [2.75, 3.05) is 6.54 Å². The first-order valence-corrected chi connectivity index (χ1v) is 5.82. The van der Waals surface area contributed by atoms with Gasteiger partial charge in [0, 0.05) is 18.6 Å². The molecule has 0 bridgehead atoms. The molecule has 0 radical (unpaired) electrons. The van der Waals surface area contributed by atoms with Crippen LogP contribution in [0.3, 0.4) is 0 Å². The predicted molar refractivity (Wildman–Crippen MR) is 63.9 cm³/mol. The second kappa shape index (κ2) is 4.77. The van der Waals surface area contributed by atoms with Gasteiger partial charge in [-0.25, -0.2) is 0 Å². The van der Waals surface area contributed by atoms with E-state index >= 15 is 0 Å². The molecule has 2 rings (SSSR count). The summed E-state index contributed by atoms with van der Waals surface area (Å²) in [5.41, 5.74) is 8.65. The lowest BCUT2D eigenvalue weighted by Crippen LogP contribution is -2.43. The molecule has 0 fully saturated rings. The first-order valence-electron chi connectivity index (χ1n) is 5.82. The molecule has 0 saturated carbocycles. The molecule has 0 saturated heterocycles. The zero-order chi connectivity index (χ0) is 10.7. The van der Waals surface area contributed by atoms with Gasteiger partial charge < -0.3 is 11.1 Å². The summed E-state index contributed by atoms with van der Waals surface area (Å²) in [6, 6.07) is 9.80. The summed E-state index contributed by atoms with van der Waals surface area (Å²) < 4.78 is 0. The molecule has 0 aliphatic heterocycles. The van der Waals surface area contributed by atoms with Crippen LogP contribution in [0, 0.1) is 0 Å². The van der Waals surface area contributed by atoms with E-state index in [1.54, 1.807) is 0 Å². The van der Waals surface area contributed by atoms with Gasteiger partial charge in [-0.3, -0.25) is 0 Å². The van der Waals surface area contributed by atoms with Crippen LogP contribution >= 0.6 is 0 Å². The molecule has 1 aromatic carbocycles. The molecule has 3 N–H and O–H groups in total. The second-order valence-corrected chi connectivity index (χ2v) is 4.51. The van der Waals surface area contributed by atoms with E-state index < -0.39 is 0 Å². The molecule has 1 aromatic rings. The maximum absolute atomic E-state index is 5.62. The molecule has 15 heavy (non-hydrogen) atoms. The van der Waals surface area contributed by atoms with Gasteiger partial charge in [-0.1, -0.05) is 24.3 Å². The largest absolute Gasteiger partial charge is 0.329 e. The fourth-order valence-electron chi connectivity index (χ4n) is 2.31. The number of nitrogens with one attached hydrogen (secondary N) is 1. The van der Waals surface area contributed by atoms with Gasteiger partial charge in [0.1, 0.15) is 0 Å². The Bertz CT molecular complexity index is 322. The van der Waals surface area contributed by atoms with Crippen LogP contribution in [0.2, 0.25) is 0 Å². The zero-order valence-corrected chi connectivity index (χ0v) is 9.37. The van der Waals surface area contributed by atoms with Crippen LogP contribution in [0.4, 0.5) is 0 Å². The Labute approximate surface area is 91.9 Å².